The molecule has 0 unspecified atom stereocenters. The molecule has 0 aliphatic carbocycles. The Morgan fingerprint density at radius 1 is 1.46 bits per heavy atom. The van der Waals surface area contributed by atoms with Crippen LogP contribution >= 0.6 is 15.9 Å². The zero-order valence-electron chi connectivity index (χ0n) is 7.29. The summed E-state index contributed by atoms with van der Waals surface area (Å²) in [6.07, 6.45) is 0.214. The van der Waals surface area contributed by atoms with Crippen LogP contribution in [0.1, 0.15) is 11.7 Å². The third-order valence-electron chi connectivity index (χ3n) is 2.15. The van der Waals surface area contributed by atoms with Gasteiger partial charge in [-0.15, -0.1) is 0 Å². The highest BCUT2D eigenvalue weighted by Gasteiger charge is 2.14. The number of hydrogen-bond donors (Lipinski definition) is 1. The minimum Gasteiger partial charge on any atom is -0.371 e. The van der Waals surface area contributed by atoms with Crippen molar-refractivity contribution in [1.29, 1.82) is 0 Å². The van der Waals surface area contributed by atoms with Gasteiger partial charge in [0.15, 0.2) is 0 Å². The molecule has 1 heterocycles. The van der Waals surface area contributed by atoms with Gasteiger partial charge in [-0.1, -0.05) is 28.1 Å². The van der Waals surface area contributed by atoms with Gasteiger partial charge in [0.2, 0.25) is 0 Å². The van der Waals surface area contributed by atoms with Crippen LogP contribution in [0.15, 0.2) is 28.7 Å². The van der Waals surface area contributed by atoms with Crippen molar-refractivity contribution < 1.29 is 4.74 Å². The highest BCUT2D eigenvalue weighted by Crippen LogP contribution is 2.21. The molecule has 1 aromatic carbocycles. The van der Waals surface area contributed by atoms with E-state index in [4.69, 9.17) is 4.74 Å². The van der Waals surface area contributed by atoms with Crippen molar-refractivity contribution >= 4 is 15.9 Å². The van der Waals surface area contributed by atoms with Crippen molar-refractivity contribution in [1.82, 2.24) is 5.32 Å². The van der Waals surface area contributed by atoms with Crippen molar-refractivity contribution in [3.05, 3.63) is 34.3 Å². The van der Waals surface area contributed by atoms with Crippen molar-refractivity contribution in [3.8, 4) is 0 Å². The van der Waals surface area contributed by atoms with Gasteiger partial charge in [-0.3, -0.25) is 0 Å². The third kappa shape index (κ3) is 2.30. The standard InChI is InChI=1S/C10H12BrNO/c11-9-3-1-2-8(6-9)10-7-12-4-5-13-10/h1-3,6,10,12H,4-5,7H2/t10-/m1/s1. The molecular weight excluding hydrogens is 230 g/mol. The number of morpholine rings is 1. The van der Waals surface area contributed by atoms with Crippen LogP contribution in [0.4, 0.5) is 0 Å². The molecule has 0 saturated carbocycles. The topological polar surface area (TPSA) is 21.3 Å². The zero-order valence-corrected chi connectivity index (χ0v) is 8.88. The van der Waals surface area contributed by atoms with Crippen LogP contribution < -0.4 is 5.32 Å². The lowest BCUT2D eigenvalue weighted by Crippen LogP contribution is -2.33. The Bertz CT molecular complexity index is 284. The Hall–Kier alpha value is -0.380. The first kappa shape index (κ1) is 9.19. The maximum atomic E-state index is 5.64. The van der Waals surface area contributed by atoms with E-state index in [0.717, 1.165) is 24.2 Å². The fraction of sp³-hybridized carbons (Fsp3) is 0.400. The average Bonchev–Trinajstić information content (AvgIpc) is 2.19. The second-order valence-electron chi connectivity index (χ2n) is 3.12. The second-order valence-corrected chi connectivity index (χ2v) is 4.03. The summed E-state index contributed by atoms with van der Waals surface area (Å²) in [5.74, 6) is 0. The van der Waals surface area contributed by atoms with E-state index in [9.17, 15) is 0 Å². The van der Waals surface area contributed by atoms with Crippen LogP contribution in [0, 0.1) is 0 Å². The number of benzene rings is 1. The van der Waals surface area contributed by atoms with Gasteiger partial charge >= 0.3 is 0 Å². The Balaban J connectivity index is 2.14. The molecule has 0 spiro atoms. The van der Waals surface area contributed by atoms with Crippen LogP contribution in [0.3, 0.4) is 0 Å². The van der Waals surface area contributed by atoms with Crippen LogP contribution in [-0.4, -0.2) is 19.7 Å². The van der Waals surface area contributed by atoms with Crippen LogP contribution in [0.25, 0.3) is 0 Å². The number of hydrogen-bond acceptors (Lipinski definition) is 2. The zero-order chi connectivity index (χ0) is 9.10. The smallest absolute Gasteiger partial charge is 0.0950 e. The summed E-state index contributed by atoms with van der Waals surface area (Å²) in [5, 5.41) is 3.31. The van der Waals surface area contributed by atoms with E-state index in [2.05, 4.69) is 33.4 Å². The SMILES string of the molecule is Brc1cccc([C@H]2CNCCO2)c1. The van der Waals surface area contributed by atoms with Crippen molar-refractivity contribution in [2.75, 3.05) is 19.7 Å². The van der Waals surface area contributed by atoms with Gasteiger partial charge in [-0.2, -0.15) is 0 Å². The molecule has 3 heteroatoms. The molecular formula is C10H12BrNO. The molecule has 1 fully saturated rings. The Morgan fingerprint density at radius 3 is 3.08 bits per heavy atom. The lowest BCUT2D eigenvalue weighted by molar-refractivity contribution is 0.0277. The van der Waals surface area contributed by atoms with Gasteiger partial charge < -0.3 is 10.1 Å². The summed E-state index contributed by atoms with van der Waals surface area (Å²) in [7, 11) is 0. The van der Waals surface area contributed by atoms with Gasteiger partial charge in [0.25, 0.3) is 0 Å². The molecule has 0 amide bonds. The number of rotatable bonds is 1. The van der Waals surface area contributed by atoms with Crippen LogP contribution in [0.5, 0.6) is 0 Å². The molecule has 1 aliphatic heterocycles. The summed E-state index contributed by atoms with van der Waals surface area (Å²) < 4.78 is 6.75. The lowest BCUT2D eigenvalue weighted by atomic mass is 10.1. The first-order valence-electron chi connectivity index (χ1n) is 4.44. The van der Waals surface area contributed by atoms with Crippen molar-refractivity contribution in [2.45, 2.75) is 6.10 Å². The first-order valence-corrected chi connectivity index (χ1v) is 5.23. The Kier molecular flexibility index (Phi) is 2.98. The Labute approximate surface area is 86.4 Å². The quantitative estimate of drug-likeness (QED) is 0.814. The van der Waals surface area contributed by atoms with Gasteiger partial charge in [0.1, 0.15) is 0 Å². The minimum atomic E-state index is 0.214. The van der Waals surface area contributed by atoms with E-state index in [-0.39, 0.29) is 6.10 Å². The summed E-state index contributed by atoms with van der Waals surface area (Å²) in [6, 6.07) is 8.28. The van der Waals surface area contributed by atoms with E-state index >= 15 is 0 Å². The largest absolute Gasteiger partial charge is 0.371 e. The first-order chi connectivity index (χ1) is 6.36. The summed E-state index contributed by atoms with van der Waals surface area (Å²) >= 11 is 3.45. The van der Waals surface area contributed by atoms with Gasteiger partial charge in [0, 0.05) is 17.6 Å². The summed E-state index contributed by atoms with van der Waals surface area (Å²) in [5.41, 5.74) is 1.24. The van der Waals surface area contributed by atoms with Crippen molar-refractivity contribution in [3.63, 3.8) is 0 Å². The lowest BCUT2D eigenvalue weighted by Gasteiger charge is -2.23. The third-order valence-corrected chi connectivity index (χ3v) is 2.64. The number of nitrogens with one attached hydrogen (secondary N) is 1. The Morgan fingerprint density at radius 2 is 2.38 bits per heavy atom. The van der Waals surface area contributed by atoms with Crippen LogP contribution in [-0.2, 0) is 4.74 Å². The molecule has 1 aliphatic rings. The van der Waals surface area contributed by atoms with E-state index in [1.54, 1.807) is 0 Å². The fourth-order valence-corrected chi connectivity index (χ4v) is 1.90. The molecule has 0 aromatic heterocycles. The van der Waals surface area contributed by atoms with Gasteiger partial charge in [-0.25, -0.2) is 0 Å². The van der Waals surface area contributed by atoms with Gasteiger partial charge in [-0.05, 0) is 17.7 Å². The molecule has 0 radical (unpaired) electrons. The predicted octanol–water partition coefficient (Wildman–Crippen LogP) is 2.11. The molecule has 70 valence electrons. The number of ether oxygens (including phenoxy) is 1. The number of halogens is 1. The molecule has 1 aromatic rings. The highest BCUT2D eigenvalue weighted by atomic mass is 79.9. The molecule has 13 heavy (non-hydrogen) atoms. The molecule has 2 rings (SSSR count). The monoisotopic (exact) mass is 241 g/mol. The van der Waals surface area contributed by atoms with Crippen molar-refractivity contribution in [2.24, 2.45) is 0 Å². The molecule has 2 nitrogen and oxygen atoms in total. The summed E-state index contributed by atoms with van der Waals surface area (Å²) in [6.45, 7) is 2.68. The van der Waals surface area contributed by atoms with Gasteiger partial charge in [0.05, 0.1) is 12.7 Å². The van der Waals surface area contributed by atoms with E-state index in [0.29, 0.717) is 0 Å². The van der Waals surface area contributed by atoms with E-state index in [1.165, 1.54) is 5.56 Å². The maximum absolute atomic E-state index is 5.64. The van der Waals surface area contributed by atoms with Crippen LogP contribution in [0.2, 0.25) is 0 Å². The summed E-state index contributed by atoms with van der Waals surface area (Å²) in [4.78, 5) is 0. The molecule has 1 N–H and O–H groups in total. The van der Waals surface area contributed by atoms with E-state index < -0.39 is 0 Å². The van der Waals surface area contributed by atoms with E-state index in [1.807, 2.05) is 12.1 Å². The average molecular weight is 242 g/mol. The highest BCUT2D eigenvalue weighted by molar-refractivity contribution is 9.10. The normalized spacial score (nSPS) is 23.0. The molecule has 1 saturated heterocycles. The maximum Gasteiger partial charge on any atom is 0.0950 e. The second kappa shape index (κ2) is 4.22. The molecule has 0 bridgehead atoms. The fourth-order valence-electron chi connectivity index (χ4n) is 1.49. The molecule has 1 atom stereocenters. The predicted molar refractivity (Wildman–Crippen MR) is 55.7 cm³/mol. The minimum absolute atomic E-state index is 0.214.